The summed E-state index contributed by atoms with van der Waals surface area (Å²) in [4.78, 5) is 28.8. The number of hydrogen-bond acceptors (Lipinski definition) is 6. The minimum Gasteiger partial charge on any atom is -0.511 e. The van der Waals surface area contributed by atoms with Gasteiger partial charge in [-0.3, -0.25) is 9.69 Å². The van der Waals surface area contributed by atoms with E-state index in [1.807, 2.05) is 0 Å². The largest absolute Gasteiger partial charge is 0.511 e. The monoisotopic (exact) mass is 399 g/mol. The number of piperidine rings is 1. The molecule has 0 aromatic heterocycles. The van der Waals surface area contributed by atoms with Crippen molar-refractivity contribution < 1.29 is 24.5 Å². The van der Waals surface area contributed by atoms with E-state index in [2.05, 4.69) is 18.7 Å². The molecule has 2 fully saturated rings. The molecule has 2 aliphatic heterocycles. The summed E-state index contributed by atoms with van der Waals surface area (Å²) >= 11 is 0. The van der Waals surface area contributed by atoms with Crippen LogP contribution in [0.2, 0.25) is 0 Å². The number of methoxy groups -OCH3 is 1. The standard InChI is InChI=1S/C23H29NO5/c1-11-9-24-10-12-4-5-15(26)17-13(6-7-25)18(22(28)29-3)19-20(17)23(12,2)16(24)8-14(11)21(19)27/h11-12,14,16,25,27H,4-10H2,1-3H3/t11-,12-,14-,16-,23-/m0/s1. The van der Waals surface area contributed by atoms with Crippen LogP contribution in [-0.4, -0.2) is 59.7 Å². The van der Waals surface area contributed by atoms with Crippen LogP contribution in [0, 0.1) is 23.2 Å². The molecule has 0 amide bonds. The van der Waals surface area contributed by atoms with Crippen molar-refractivity contribution >= 4 is 11.8 Å². The van der Waals surface area contributed by atoms with Crippen molar-refractivity contribution in [2.75, 3.05) is 26.8 Å². The molecule has 2 heterocycles. The topological polar surface area (TPSA) is 87.1 Å². The van der Waals surface area contributed by atoms with E-state index in [1.165, 1.54) is 7.11 Å². The summed E-state index contributed by atoms with van der Waals surface area (Å²) < 4.78 is 5.10. The molecule has 0 radical (unpaired) electrons. The van der Waals surface area contributed by atoms with Crippen LogP contribution < -0.4 is 0 Å². The van der Waals surface area contributed by atoms with Gasteiger partial charge >= 0.3 is 5.97 Å². The molecule has 5 rings (SSSR count). The number of fused-ring (bicyclic) bond motifs is 1. The summed E-state index contributed by atoms with van der Waals surface area (Å²) in [6.45, 7) is 6.12. The van der Waals surface area contributed by atoms with E-state index in [1.54, 1.807) is 0 Å². The van der Waals surface area contributed by atoms with Crippen molar-refractivity contribution in [2.45, 2.75) is 45.6 Å². The number of Topliss-reactive ketones (excluding diaryl/α,β-unsaturated/α-hetero) is 1. The molecule has 0 spiro atoms. The lowest BCUT2D eigenvalue weighted by Gasteiger charge is -2.43. The van der Waals surface area contributed by atoms with Gasteiger partial charge in [0.25, 0.3) is 0 Å². The van der Waals surface area contributed by atoms with Gasteiger partial charge < -0.3 is 14.9 Å². The molecule has 6 nitrogen and oxygen atoms in total. The molecule has 5 atom stereocenters. The van der Waals surface area contributed by atoms with Crippen LogP contribution in [-0.2, 0) is 14.3 Å². The number of nitrogens with zero attached hydrogens (tertiary/aromatic N) is 1. The first-order valence-corrected chi connectivity index (χ1v) is 10.7. The van der Waals surface area contributed by atoms with Gasteiger partial charge in [-0.2, -0.15) is 0 Å². The van der Waals surface area contributed by atoms with Crippen molar-refractivity contribution in [1.29, 1.82) is 0 Å². The van der Waals surface area contributed by atoms with Gasteiger partial charge in [0.05, 0.1) is 12.7 Å². The third kappa shape index (κ3) is 2.24. The molecule has 2 N–H and O–H groups in total. The first-order valence-electron chi connectivity index (χ1n) is 10.7. The summed E-state index contributed by atoms with van der Waals surface area (Å²) in [5.41, 5.74) is 2.55. The quantitative estimate of drug-likeness (QED) is 0.708. The molecule has 5 aliphatic rings. The van der Waals surface area contributed by atoms with Gasteiger partial charge in [-0.25, -0.2) is 4.79 Å². The number of ether oxygens (including phenoxy) is 1. The van der Waals surface area contributed by atoms with E-state index in [4.69, 9.17) is 4.74 Å². The molecule has 0 unspecified atom stereocenters. The average molecular weight is 399 g/mol. The van der Waals surface area contributed by atoms with Gasteiger partial charge in [0.2, 0.25) is 0 Å². The van der Waals surface area contributed by atoms with Gasteiger partial charge in [-0.05, 0) is 42.2 Å². The lowest BCUT2D eigenvalue weighted by Crippen LogP contribution is -2.47. The van der Waals surface area contributed by atoms with Crippen LogP contribution in [0.15, 0.2) is 33.6 Å². The van der Waals surface area contributed by atoms with Crippen molar-refractivity contribution in [1.82, 2.24) is 4.90 Å². The Balaban J connectivity index is 1.88. The van der Waals surface area contributed by atoms with Crippen LogP contribution in [0.5, 0.6) is 0 Å². The molecule has 3 aliphatic carbocycles. The van der Waals surface area contributed by atoms with Crippen molar-refractivity contribution in [3.8, 4) is 0 Å². The smallest absolute Gasteiger partial charge is 0.338 e. The van der Waals surface area contributed by atoms with Crippen LogP contribution in [0.3, 0.4) is 0 Å². The van der Waals surface area contributed by atoms with Crippen LogP contribution in [0.1, 0.15) is 39.5 Å². The predicted octanol–water partition coefficient (Wildman–Crippen LogP) is 2.30. The molecular formula is C23H29NO5. The Kier molecular flexibility index (Phi) is 4.13. The fourth-order valence-corrected chi connectivity index (χ4v) is 7.04. The molecule has 156 valence electrons. The zero-order valence-corrected chi connectivity index (χ0v) is 17.3. The van der Waals surface area contributed by atoms with Crippen molar-refractivity contribution in [2.24, 2.45) is 23.2 Å². The summed E-state index contributed by atoms with van der Waals surface area (Å²) in [6.07, 6.45) is 2.32. The maximum absolute atomic E-state index is 13.3. The van der Waals surface area contributed by atoms with E-state index in [0.717, 1.165) is 31.5 Å². The Morgan fingerprint density at radius 2 is 2.07 bits per heavy atom. The van der Waals surface area contributed by atoms with Gasteiger partial charge in [0.15, 0.2) is 5.78 Å². The molecule has 29 heavy (non-hydrogen) atoms. The highest BCUT2D eigenvalue weighted by molar-refractivity contribution is 6.10. The lowest BCUT2D eigenvalue weighted by atomic mass is 9.65. The Morgan fingerprint density at radius 3 is 2.76 bits per heavy atom. The molecule has 2 bridgehead atoms. The summed E-state index contributed by atoms with van der Waals surface area (Å²) in [7, 11) is 1.33. The highest BCUT2D eigenvalue weighted by atomic mass is 16.5. The van der Waals surface area contributed by atoms with Crippen molar-refractivity contribution in [3.63, 3.8) is 0 Å². The molecule has 0 aromatic rings. The highest BCUT2D eigenvalue weighted by Gasteiger charge is 2.62. The van der Waals surface area contributed by atoms with Gasteiger partial charge in [0.1, 0.15) is 5.76 Å². The van der Waals surface area contributed by atoms with Crippen LogP contribution in [0.25, 0.3) is 0 Å². The molecule has 0 aromatic carbocycles. The Labute approximate surface area is 170 Å². The molecule has 2 saturated heterocycles. The van der Waals surface area contributed by atoms with E-state index >= 15 is 0 Å². The third-order valence-corrected chi connectivity index (χ3v) is 8.37. The fourth-order valence-electron chi connectivity index (χ4n) is 7.04. The zero-order valence-electron chi connectivity index (χ0n) is 17.3. The van der Waals surface area contributed by atoms with E-state index in [0.29, 0.717) is 34.6 Å². The third-order valence-electron chi connectivity index (χ3n) is 8.37. The average Bonchev–Trinajstić information content (AvgIpc) is 3.11. The Morgan fingerprint density at radius 1 is 1.31 bits per heavy atom. The van der Waals surface area contributed by atoms with Crippen LogP contribution >= 0.6 is 0 Å². The maximum Gasteiger partial charge on any atom is 0.338 e. The normalized spacial score (nSPS) is 38.6. The van der Waals surface area contributed by atoms with Crippen LogP contribution in [0.4, 0.5) is 0 Å². The zero-order chi connectivity index (χ0) is 20.7. The van der Waals surface area contributed by atoms with Gasteiger partial charge in [-0.15, -0.1) is 0 Å². The van der Waals surface area contributed by atoms with E-state index < -0.39 is 5.97 Å². The van der Waals surface area contributed by atoms with Crippen molar-refractivity contribution in [3.05, 3.63) is 33.6 Å². The first kappa shape index (κ1) is 19.1. The summed E-state index contributed by atoms with van der Waals surface area (Å²) in [5.74, 6) is 0.270. The Hall–Kier alpha value is -1.92. The highest BCUT2D eigenvalue weighted by Crippen LogP contribution is 2.64. The summed E-state index contributed by atoms with van der Waals surface area (Å²) in [5, 5.41) is 21.2. The first-order chi connectivity index (χ1) is 13.8. The number of carbonyl (C=O) groups excluding carboxylic acids is 2. The number of aliphatic hydroxyl groups excluding tert-OH is 2. The van der Waals surface area contributed by atoms with E-state index in [-0.39, 0.29) is 47.9 Å². The second kappa shape index (κ2) is 6.29. The number of ketones is 1. The number of allylic oxidation sites excluding steroid dienone is 2. The number of aliphatic hydroxyl groups is 2. The Bertz CT molecular complexity index is 912. The maximum atomic E-state index is 13.3. The minimum atomic E-state index is -0.532. The van der Waals surface area contributed by atoms with E-state index in [9.17, 15) is 19.8 Å². The number of hydrogen-bond donors (Lipinski definition) is 2. The fraction of sp³-hybridized carbons (Fsp3) is 0.652. The molecular weight excluding hydrogens is 370 g/mol. The second-order valence-electron chi connectivity index (χ2n) is 9.56. The SMILES string of the molecule is COC(=O)C1=C(CCO)C2=C3C1=C(O)[C@H]1C[C@@H]4N(C[C@H](CCC2=O)[C@]34C)C[C@@H]1C. The van der Waals surface area contributed by atoms with Gasteiger partial charge in [-0.1, -0.05) is 13.8 Å². The number of rotatable bonds is 3. The molecule has 0 saturated carbocycles. The minimum absolute atomic E-state index is 0.0272. The lowest BCUT2D eigenvalue weighted by molar-refractivity contribution is -0.135. The number of carbonyl (C=O) groups is 2. The van der Waals surface area contributed by atoms with Gasteiger partial charge in [0, 0.05) is 54.6 Å². The second-order valence-corrected chi connectivity index (χ2v) is 9.56. The molecule has 6 heteroatoms. The number of esters is 1. The summed E-state index contributed by atoms with van der Waals surface area (Å²) in [6, 6.07) is 0.247. The predicted molar refractivity (Wildman–Crippen MR) is 106 cm³/mol.